The van der Waals surface area contributed by atoms with E-state index in [0.717, 1.165) is 16.6 Å². The molecule has 0 fully saturated rings. The summed E-state index contributed by atoms with van der Waals surface area (Å²) in [6, 6.07) is 8.14. The third-order valence-electron chi connectivity index (χ3n) is 3.98. The summed E-state index contributed by atoms with van der Waals surface area (Å²) in [5, 5.41) is 5.55. The molecule has 0 aliphatic carbocycles. The molecule has 0 aliphatic rings. The molecule has 0 saturated heterocycles. The molecule has 3 rings (SSSR count). The molecule has 0 amide bonds. The van der Waals surface area contributed by atoms with E-state index in [-0.39, 0.29) is 0 Å². The number of anilines is 1. The van der Waals surface area contributed by atoms with Crippen molar-refractivity contribution < 1.29 is 0 Å². The van der Waals surface area contributed by atoms with Crippen molar-refractivity contribution in [1.29, 1.82) is 0 Å². The molecule has 2 heterocycles. The van der Waals surface area contributed by atoms with Crippen molar-refractivity contribution in [3.63, 3.8) is 0 Å². The Bertz CT molecular complexity index is 891. The second kappa shape index (κ2) is 5.92. The molecule has 0 radical (unpaired) electrons. The van der Waals surface area contributed by atoms with E-state index in [4.69, 9.17) is 16.6 Å². The summed E-state index contributed by atoms with van der Waals surface area (Å²) in [6.45, 7) is 6.59. The number of benzene rings is 1. The fourth-order valence-corrected chi connectivity index (χ4v) is 2.65. The van der Waals surface area contributed by atoms with E-state index in [9.17, 15) is 0 Å². The molecule has 124 valence electrons. The van der Waals surface area contributed by atoms with Gasteiger partial charge < -0.3 is 11.5 Å². The molecule has 0 saturated carbocycles. The van der Waals surface area contributed by atoms with Crippen LogP contribution >= 0.6 is 0 Å². The molecule has 1 aromatic carbocycles. The van der Waals surface area contributed by atoms with Crippen LogP contribution in [0.2, 0.25) is 0 Å². The van der Waals surface area contributed by atoms with E-state index in [0.29, 0.717) is 18.0 Å². The highest BCUT2D eigenvalue weighted by molar-refractivity contribution is 5.98. The van der Waals surface area contributed by atoms with Crippen molar-refractivity contribution in [2.45, 2.75) is 26.3 Å². The quantitative estimate of drug-likeness (QED) is 0.564. The van der Waals surface area contributed by atoms with Gasteiger partial charge in [-0.25, -0.2) is 14.6 Å². The van der Waals surface area contributed by atoms with Crippen LogP contribution in [0.3, 0.4) is 0 Å². The van der Waals surface area contributed by atoms with E-state index >= 15 is 0 Å². The zero-order valence-corrected chi connectivity index (χ0v) is 14.1. The van der Waals surface area contributed by atoms with Crippen molar-refractivity contribution in [1.82, 2.24) is 19.7 Å². The Morgan fingerprint density at radius 3 is 2.58 bits per heavy atom. The molecule has 7 heteroatoms. The van der Waals surface area contributed by atoms with E-state index in [1.807, 2.05) is 49.7 Å². The van der Waals surface area contributed by atoms with Crippen LogP contribution in [-0.4, -0.2) is 32.6 Å². The number of fused-ring (bicyclic) bond motifs is 1. The normalized spacial score (nSPS) is 12.3. The SMILES string of the molecule is Cc1ccc(-c2nn(C(C)(C)CN=CN)c3ncnc(N)c23)cc1. The number of hydrogen-bond acceptors (Lipinski definition) is 5. The van der Waals surface area contributed by atoms with Gasteiger partial charge in [0, 0.05) is 5.56 Å². The standard InChI is InChI=1S/C17H21N7/c1-11-4-6-12(7-5-11)14-13-15(19)21-10-22-16(13)24(23-14)17(2,3)8-20-9-18/h4-7,9-10H,8H2,1-3H3,(H2,18,20)(H2,19,21,22). The first-order valence-corrected chi connectivity index (χ1v) is 7.71. The Hall–Kier alpha value is -2.96. The van der Waals surface area contributed by atoms with Crippen LogP contribution in [0.1, 0.15) is 19.4 Å². The fraction of sp³-hybridized carbons (Fsp3) is 0.294. The summed E-state index contributed by atoms with van der Waals surface area (Å²) in [4.78, 5) is 12.7. The van der Waals surface area contributed by atoms with Gasteiger partial charge in [-0.05, 0) is 20.8 Å². The van der Waals surface area contributed by atoms with Crippen LogP contribution in [-0.2, 0) is 5.54 Å². The van der Waals surface area contributed by atoms with Crippen LogP contribution in [0, 0.1) is 6.92 Å². The van der Waals surface area contributed by atoms with Crippen molar-refractivity contribution in [3.8, 4) is 11.3 Å². The zero-order chi connectivity index (χ0) is 17.3. The monoisotopic (exact) mass is 323 g/mol. The van der Waals surface area contributed by atoms with Gasteiger partial charge in [0.05, 0.1) is 23.8 Å². The summed E-state index contributed by atoms with van der Waals surface area (Å²) in [5.74, 6) is 0.417. The first-order chi connectivity index (χ1) is 11.4. The third kappa shape index (κ3) is 2.68. The highest BCUT2D eigenvalue weighted by atomic mass is 15.4. The lowest BCUT2D eigenvalue weighted by molar-refractivity contribution is 0.341. The van der Waals surface area contributed by atoms with Crippen LogP contribution in [0.4, 0.5) is 5.82 Å². The van der Waals surface area contributed by atoms with Gasteiger partial charge in [0.25, 0.3) is 0 Å². The highest BCUT2D eigenvalue weighted by Gasteiger charge is 2.27. The maximum absolute atomic E-state index is 6.13. The minimum absolute atomic E-state index is 0.405. The zero-order valence-electron chi connectivity index (χ0n) is 14.1. The maximum Gasteiger partial charge on any atom is 0.164 e. The fourth-order valence-electron chi connectivity index (χ4n) is 2.65. The van der Waals surface area contributed by atoms with Gasteiger partial charge in [-0.15, -0.1) is 0 Å². The Morgan fingerprint density at radius 1 is 1.21 bits per heavy atom. The van der Waals surface area contributed by atoms with Crippen LogP contribution in [0.5, 0.6) is 0 Å². The van der Waals surface area contributed by atoms with E-state index < -0.39 is 5.54 Å². The van der Waals surface area contributed by atoms with Crippen molar-refractivity contribution >= 4 is 23.2 Å². The molecule has 0 unspecified atom stereocenters. The topological polar surface area (TPSA) is 108 Å². The molecule has 7 nitrogen and oxygen atoms in total. The van der Waals surface area contributed by atoms with Gasteiger partial charge in [-0.3, -0.25) is 4.99 Å². The third-order valence-corrected chi connectivity index (χ3v) is 3.98. The Labute approximate surface area is 140 Å². The summed E-state index contributed by atoms with van der Waals surface area (Å²) in [5.41, 5.74) is 14.7. The first-order valence-electron chi connectivity index (χ1n) is 7.71. The number of hydrogen-bond donors (Lipinski definition) is 2. The van der Waals surface area contributed by atoms with Gasteiger partial charge in [-0.2, -0.15) is 5.10 Å². The van der Waals surface area contributed by atoms with Crippen molar-refractivity contribution in [2.24, 2.45) is 10.7 Å². The predicted molar refractivity (Wildman–Crippen MR) is 96.8 cm³/mol. The highest BCUT2D eigenvalue weighted by Crippen LogP contribution is 2.33. The average molecular weight is 323 g/mol. The van der Waals surface area contributed by atoms with E-state index in [1.54, 1.807) is 0 Å². The molecule has 0 aliphatic heterocycles. The second-order valence-electron chi connectivity index (χ2n) is 6.39. The Balaban J connectivity index is 2.26. The van der Waals surface area contributed by atoms with Gasteiger partial charge in [-0.1, -0.05) is 29.8 Å². The Kier molecular flexibility index (Phi) is 3.92. The summed E-state index contributed by atoms with van der Waals surface area (Å²) >= 11 is 0. The summed E-state index contributed by atoms with van der Waals surface area (Å²) in [6.07, 6.45) is 2.76. The van der Waals surface area contributed by atoms with E-state index in [1.165, 1.54) is 18.2 Å². The predicted octanol–water partition coefficient (Wildman–Crippen LogP) is 2.11. The molecule has 0 bridgehead atoms. The smallest absolute Gasteiger partial charge is 0.164 e. The number of nitrogens with zero attached hydrogens (tertiary/aromatic N) is 5. The number of nitrogens with two attached hydrogens (primary N) is 2. The molecule has 2 aromatic heterocycles. The number of aromatic nitrogens is 4. The van der Waals surface area contributed by atoms with Crippen molar-refractivity contribution in [3.05, 3.63) is 36.2 Å². The molecular weight excluding hydrogens is 302 g/mol. The largest absolute Gasteiger partial charge is 0.390 e. The van der Waals surface area contributed by atoms with Crippen LogP contribution in [0.15, 0.2) is 35.6 Å². The minimum atomic E-state index is -0.405. The Morgan fingerprint density at radius 2 is 1.92 bits per heavy atom. The number of aliphatic imine (C=N–C) groups is 1. The van der Waals surface area contributed by atoms with Crippen molar-refractivity contribution in [2.75, 3.05) is 12.3 Å². The molecule has 3 aromatic rings. The number of rotatable bonds is 4. The first kappa shape index (κ1) is 15.9. The molecule has 0 atom stereocenters. The molecule has 24 heavy (non-hydrogen) atoms. The van der Waals surface area contributed by atoms with Gasteiger partial charge in [0.1, 0.15) is 17.8 Å². The van der Waals surface area contributed by atoms with Gasteiger partial charge in [0.2, 0.25) is 0 Å². The number of aryl methyl sites for hydroxylation is 1. The molecule has 4 N–H and O–H groups in total. The van der Waals surface area contributed by atoms with Gasteiger partial charge in [0.15, 0.2) is 5.65 Å². The number of nitrogen functional groups attached to an aromatic ring is 1. The second-order valence-corrected chi connectivity index (χ2v) is 6.39. The average Bonchev–Trinajstić information content (AvgIpc) is 2.96. The van der Waals surface area contributed by atoms with E-state index in [2.05, 4.69) is 15.0 Å². The lowest BCUT2D eigenvalue weighted by atomic mass is 10.1. The van der Waals surface area contributed by atoms with Crippen LogP contribution < -0.4 is 11.5 Å². The lowest BCUT2D eigenvalue weighted by Crippen LogP contribution is -2.31. The van der Waals surface area contributed by atoms with Crippen LogP contribution in [0.25, 0.3) is 22.3 Å². The lowest BCUT2D eigenvalue weighted by Gasteiger charge is -2.23. The molecular formula is C17H21N7. The summed E-state index contributed by atoms with van der Waals surface area (Å²) < 4.78 is 1.85. The minimum Gasteiger partial charge on any atom is -0.390 e. The summed E-state index contributed by atoms with van der Waals surface area (Å²) in [7, 11) is 0. The van der Waals surface area contributed by atoms with Gasteiger partial charge >= 0.3 is 0 Å². The maximum atomic E-state index is 6.13. The molecule has 0 spiro atoms.